The molecule has 0 aliphatic heterocycles. The Balaban J connectivity index is 2.01. The second-order valence-electron chi connectivity index (χ2n) is 4.45. The molecule has 2 aromatic rings. The summed E-state index contributed by atoms with van der Waals surface area (Å²) in [7, 11) is -3.42. The van der Waals surface area contributed by atoms with Crippen LogP contribution in [-0.2, 0) is 16.6 Å². The van der Waals surface area contributed by atoms with Crippen LogP contribution in [0.25, 0.3) is 0 Å². The van der Waals surface area contributed by atoms with E-state index in [2.05, 4.69) is 28.5 Å². The zero-order valence-electron chi connectivity index (χ0n) is 12.1. The normalized spacial score (nSPS) is 11.5. The van der Waals surface area contributed by atoms with Crippen LogP contribution in [0, 0.1) is 0 Å². The maximum absolute atomic E-state index is 12.0. The molecule has 0 aliphatic rings. The van der Waals surface area contributed by atoms with Gasteiger partial charge in [-0.2, -0.15) is 0 Å². The molecule has 0 aliphatic carbocycles. The minimum Gasteiger partial charge on any atom is -0.357 e. The number of sulfonamides is 1. The van der Waals surface area contributed by atoms with Gasteiger partial charge in [0.2, 0.25) is 10.0 Å². The van der Waals surface area contributed by atoms with E-state index in [-0.39, 0.29) is 6.54 Å². The fourth-order valence-electron chi connectivity index (χ4n) is 1.92. The molecule has 0 atom stereocenters. The quantitative estimate of drug-likeness (QED) is 0.849. The van der Waals surface area contributed by atoms with Crippen molar-refractivity contribution in [2.75, 3.05) is 18.0 Å². The van der Waals surface area contributed by atoms with Crippen molar-refractivity contribution in [2.24, 2.45) is 0 Å². The fraction of sp³-hybridized carbons (Fsp3) is 0.357. The van der Waals surface area contributed by atoms with Gasteiger partial charge in [0.1, 0.15) is 10.0 Å². The van der Waals surface area contributed by atoms with Gasteiger partial charge in [0.25, 0.3) is 0 Å². The average Bonchev–Trinajstić information content (AvgIpc) is 3.03. The lowest BCUT2D eigenvalue weighted by Crippen LogP contribution is -2.24. The molecule has 2 aromatic heterocycles. The number of hydrogen-bond donors (Lipinski definition) is 1. The van der Waals surface area contributed by atoms with Crippen LogP contribution in [0.15, 0.2) is 40.1 Å². The van der Waals surface area contributed by atoms with Crippen molar-refractivity contribution in [3.8, 4) is 0 Å². The van der Waals surface area contributed by atoms with Crippen LogP contribution in [0.4, 0.5) is 5.82 Å². The van der Waals surface area contributed by atoms with Crippen LogP contribution in [0.5, 0.6) is 0 Å². The van der Waals surface area contributed by atoms with Crippen molar-refractivity contribution in [2.45, 2.75) is 24.6 Å². The van der Waals surface area contributed by atoms with E-state index in [9.17, 15) is 8.42 Å². The van der Waals surface area contributed by atoms with E-state index in [0.29, 0.717) is 4.21 Å². The first-order chi connectivity index (χ1) is 10.1. The Morgan fingerprint density at radius 3 is 2.52 bits per heavy atom. The minimum absolute atomic E-state index is 0.242. The Kier molecular flexibility index (Phi) is 5.33. The summed E-state index contributed by atoms with van der Waals surface area (Å²) in [5, 5.41) is 1.75. The van der Waals surface area contributed by atoms with Crippen LogP contribution >= 0.6 is 11.3 Å². The molecule has 0 bridgehead atoms. The van der Waals surface area contributed by atoms with Gasteiger partial charge in [-0.25, -0.2) is 18.1 Å². The molecule has 0 aromatic carbocycles. The first-order valence-corrected chi connectivity index (χ1v) is 9.16. The van der Waals surface area contributed by atoms with Crippen molar-refractivity contribution < 1.29 is 8.42 Å². The highest BCUT2D eigenvalue weighted by molar-refractivity contribution is 7.91. The van der Waals surface area contributed by atoms with Crippen molar-refractivity contribution in [1.82, 2.24) is 9.71 Å². The Morgan fingerprint density at radius 1 is 1.24 bits per heavy atom. The predicted molar refractivity (Wildman–Crippen MR) is 86.1 cm³/mol. The van der Waals surface area contributed by atoms with E-state index in [4.69, 9.17) is 0 Å². The predicted octanol–water partition coefficient (Wildman–Crippen LogP) is 2.47. The number of nitrogens with zero attached hydrogens (tertiary/aromatic N) is 2. The Bertz CT molecular complexity index is 648. The van der Waals surface area contributed by atoms with Crippen LogP contribution < -0.4 is 9.62 Å². The summed E-state index contributed by atoms with van der Waals surface area (Å²) in [6, 6.07) is 7.13. The Labute approximate surface area is 129 Å². The van der Waals surface area contributed by atoms with Gasteiger partial charge in [-0.3, -0.25) is 0 Å². The third kappa shape index (κ3) is 4.03. The molecular weight excluding hydrogens is 306 g/mol. The topological polar surface area (TPSA) is 62.3 Å². The van der Waals surface area contributed by atoms with Crippen molar-refractivity contribution >= 4 is 27.2 Å². The van der Waals surface area contributed by atoms with E-state index in [1.165, 1.54) is 11.3 Å². The number of hydrogen-bond acceptors (Lipinski definition) is 5. The molecule has 114 valence electrons. The molecule has 0 unspecified atom stereocenters. The summed E-state index contributed by atoms with van der Waals surface area (Å²) in [5.74, 6) is 0.907. The van der Waals surface area contributed by atoms with E-state index >= 15 is 0 Å². The lowest BCUT2D eigenvalue weighted by molar-refractivity contribution is 0.583. The lowest BCUT2D eigenvalue weighted by atomic mass is 10.3. The zero-order valence-corrected chi connectivity index (χ0v) is 13.7. The number of anilines is 1. The number of nitrogens with one attached hydrogen (secondary N) is 1. The molecule has 0 fully saturated rings. The first-order valence-electron chi connectivity index (χ1n) is 6.80. The summed E-state index contributed by atoms with van der Waals surface area (Å²) in [5.41, 5.74) is 0.839. The second kappa shape index (κ2) is 7.02. The molecule has 2 heterocycles. The summed E-state index contributed by atoms with van der Waals surface area (Å²) in [4.78, 5) is 6.52. The van der Waals surface area contributed by atoms with Crippen LogP contribution in [0.2, 0.25) is 0 Å². The number of rotatable bonds is 7. The molecule has 5 nitrogen and oxygen atoms in total. The highest BCUT2D eigenvalue weighted by Crippen LogP contribution is 2.16. The van der Waals surface area contributed by atoms with Gasteiger partial charge in [0.05, 0.1) is 0 Å². The summed E-state index contributed by atoms with van der Waals surface area (Å²) < 4.78 is 26.9. The van der Waals surface area contributed by atoms with Gasteiger partial charge in [0.15, 0.2) is 0 Å². The largest absolute Gasteiger partial charge is 0.357 e. The van der Waals surface area contributed by atoms with Crippen LogP contribution in [0.3, 0.4) is 0 Å². The van der Waals surface area contributed by atoms with Gasteiger partial charge < -0.3 is 4.90 Å². The summed E-state index contributed by atoms with van der Waals surface area (Å²) >= 11 is 1.20. The molecule has 2 rings (SSSR count). The van der Waals surface area contributed by atoms with Gasteiger partial charge in [0, 0.05) is 25.8 Å². The average molecular weight is 325 g/mol. The van der Waals surface area contributed by atoms with E-state index in [1.54, 1.807) is 23.7 Å². The molecule has 1 N–H and O–H groups in total. The number of thiophene rings is 1. The van der Waals surface area contributed by atoms with Gasteiger partial charge >= 0.3 is 0 Å². The van der Waals surface area contributed by atoms with Gasteiger partial charge in [-0.15, -0.1) is 11.3 Å². The maximum Gasteiger partial charge on any atom is 0.250 e. The van der Waals surface area contributed by atoms with Crippen molar-refractivity contribution in [3.63, 3.8) is 0 Å². The second-order valence-corrected chi connectivity index (χ2v) is 7.40. The molecule has 21 heavy (non-hydrogen) atoms. The van der Waals surface area contributed by atoms with Crippen molar-refractivity contribution in [3.05, 3.63) is 41.4 Å². The zero-order chi connectivity index (χ0) is 15.3. The highest BCUT2D eigenvalue weighted by atomic mass is 32.2. The van der Waals surface area contributed by atoms with Crippen LogP contribution in [0.1, 0.15) is 19.4 Å². The third-order valence-corrected chi connectivity index (χ3v) is 5.92. The van der Waals surface area contributed by atoms with Crippen molar-refractivity contribution in [1.29, 1.82) is 0 Å². The van der Waals surface area contributed by atoms with E-state index in [0.717, 1.165) is 24.5 Å². The van der Waals surface area contributed by atoms with E-state index in [1.807, 2.05) is 12.1 Å². The molecular formula is C14H19N3O2S2. The highest BCUT2D eigenvalue weighted by Gasteiger charge is 2.14. The molecule has 0 saturated heterocycles. The number of pyridine rings is 1. The third-order valence-electron chi connectivity index (χ3n) is 3.12. The monoisotopic (exact) mass is 325 g/mol. The lowest BCUT2D eigenvalue weighted by Gasteiger charge is -2.19. The molecule has 0 amide bonds. The first kappa shape index (κ1) is 15.9. The fourth-order valence-corrected chi connectivity index (χ4v) is 3.98. The smallest absolute Gasteiger partial charge is 0.250 e. The Hall–Kier alpha value is -1.44. The Morgan fingerprint density at radius 2 is 2.00 bits per heavy atom. The summed E-state index contributed by atoms with van der Waals surface area (Å²) in [6.45, 7) is 6.19. The minimum atomic E-state index is -3.42. The van der Waals surface area contributed by atoms with E-state index < -0.39 is 10.0 Å². The molecule has 0 saturated carbocycles. The van der Waals surface area contributed by atoms with Gasteiger partial charge in [-0.1, -0.05) is 12.1 Å². The molecule has 7 heteroatoms. The SMILES string of the molecule is CCN(CC)c1ccc(CNS(=O)(=O)c2cccs2)cn1. The summed E-state index contributed by atoms with van der Waals surface area (Å²) in [6.07, 6.45) is 1.71. The standard InChI is InChI=1S/C14H19N3O2S2/c1-3-17(4-2)13-8-7-12(10-15-13)11-16-21(18,19)14-6-5-9-20-14/h5-10,16H,3-4,11H2,1-2H3. The molecule has 0 spiro atoms. The molecule has 0 radical (unpaired) electrons. The van der Waals surface area contributed by atoms with Crippen LogP contribution in [-0.4, -0.2) is 26.5 Å². The van der Waals surface area contributed by atoms with Gasteiger partial charge in [-0.05, 0) is 36.9 Å². The maximum atomic E-state index is 12.0. The number of aromatic nitrogens is 1.